The van der Waals surface area contributed by atoms with Gasteiger partial charge in [-0.2, -0.15) is 5.10 Å². The molecule has 6 heteroatoms. The van der Waals surface area contributed by atoms with Crippen molar-refractivity contribution in [3.63, 3.8) is 0 Å². The molecule has 0 fully saturated rings. The molecule has 0 unspecified atom stereocenters. The van der Waals surface area contributed by atoms with Crippen LogP contribution in [-0.2, 0) is 0 Å². The van der Waals surface area contributed by atoms with Gasteiger partial charge in [-0.1, -0.05) is 13.8 Å². The molecule has 0 aliphatic carbocycles. The summed E-state index contributed by atoms with van der Waals surface area (Å²) >= 11 is 0. The van der Waals surface area contributed by atoms with Crippen LogP contribution in [0.5, 0.6) is 0 Å². The highest BCUT2D eigenvalue weighted by atomic mass is 16.2. The molecule has 1 aromatic heterocycles. The lowest BCUT2D eigenvalue weighted by Gasteiger charge is -2.30. The number of carbonyl (C=O) groups excluding carboxylic acids is 1. The monoisotopic (exact) mass is 225 g/mol. The van der Waals surface area contributed by atoms with Gasteiger partial charge in [0.1, 0.15) is 6.33 Å². The van der Waals surface area contributed by atoms with E-state index in [-0.39, 0.29) is 17.1 Å². The molecule has 0 aliphatic heterocycles. The molecule has 0 saturated heterocycles. The Morgan fingerprint density at radius 1 is 1.62 bits per heavy atom. The fourth-order valence-electron chi connectivity index (χ4n) is 1.37. The zero-order chi connectivity index (χ0) is 12.2. The molecule has 3 N–H and O–H groups in total. The molecule has 0 radical (unpaired) electrons. The maximum Gasteiger partial charge on any atom is 0.291 e. The third kappa shape index (κ3) is 3.03. The molecule has 0 aromatic carbocycles. The van der Waals surface area contributed by atoms with Crippen LogP contribution in [0.3, 0.4) is 0 Å². The lowest BCUT2D eigenvalue weighted by Crippen LogP contribution is -2.42. The maximum absolute atomic E-state index is 12.0. The lowest BCUT2D eigenvalue weighted by molar-refractivity contribution is 0.0689. The predicted octanol–water partition coefficient (Wildman–Crippen LogP) is 0.252. The van der Waals surface area contributed by atoms with Crippen LogP contribution in [0.4, 0.5) is 0 Å². The van der Waals surface area contributed by atoms with Crippen LogP contribution in [0.1, 0.15) is 31.4 Å². The van der Waals surface area contributed by atoms with E-state index in [0.29, 0.717) is 19.6 Å². The van der Waals surface area contributed by atoms with Crippen molar-refractivity contribution in [2.24, 2.45) is 11.1 Å². The highest BCUT2D eigenvalue weighted by molar-refractivity contribution is 5.90. The number of hydrogen-bond donors (Lipinski definition) is 2. The highest BCUT2D eigenvalue weighted by Gasteiger charge is 2.24. The van der Waals surface area contributed by atoms with Gasteiger partial charge in [0.05, 0.1) is 0 Å². The smallest absolute Gasteiger partial charge is 0.291 e. The molecule has 16 heavy (non-hydrogen) atoms. The Labute approximate surface area is 95.2 Å². The summed E-state index contributed by atoms with van der Waals surface area (Å²) in [7, 11) is 0. The molecule has 1 amide bonds. The molecular weight excluding hydrogens is 206 g/mol. The first-order valence-electron chi connectivity index (χ1n) is 5.35. The molecule has 0 bridgehead atoms. The molecule has 90 valence electrons. The topological polar surface area (TPSA) is 87.9 Å². The first-order valence-corrected chi connectivity index (χ1v) is 5.35. The summed E-state index contributed by atoms with van der Waals surface area (Å²) in [4.78, 5) is 17.5. The van der Waals surface area contributed by atoms with Gasteiger partial charge in [0.25, 0.3) is 5.91 Å². The van der Waals surface area contributed by atoms with E-state index in [1.807, 2.05) is 20.8 Å². The number of nitrogens with zero attached hydrogens (tertiary/aromatic N) is 3. The number of rotatable bonds is 5. The number of H-pyrrole nitrogens is 1. The number of carbonyl (C=O) groups is 1. The Hall–Kier alpha value is -1.43. The van der Waals surface area contributed by atoms with Gasteiger partial charge in [0.2, 0.25) is 5.82 Å². The van der Waals surface area contributed by atoms with E-state index >= 15 is 0 Å². The van der Waals surface area contributed by atoms with Gasteiger partial charge in [0, 0.05) is 13.1 Å². The van der Waals surface area contributed by atoms with Crippen LogP contribution in [0.2, 0.25) is 0 Å². The summed E-state index contributed by atoms with van der Waals surface area (Å²) < 4.78 is 0. The molecule has 0 atom stereocenters. The molecule has 0 saturated carbocycles. The molecular formula is C10H19N5O. The molecule has 6 nitrogen and oxygen atoms in total. The average Bonchev–Trinajstić information content (AvgIpc) is 2.78. The third-order valence-electron chi connectivity index (χ3n) is 2.46. The second-order valence-electron chi connectivity index (χ2n) is 4.52. The van der Waals surface area contributed by atoms with Gasteiger partial charge >= 0.3 is 0 Å². The van der Waals surface area contributed by atoms with Crippen molar-refractivity contribution < 1.29 is 4.79 Å². The van der Waals surface area contributed by atoms with Crippen LogP contribution in [-0.4, -0.2) is 45.6 Å². The maximum atomic E-state index is 12.0. The van der Waals surface area contributed by atoms with Crippen LogP contribution in [0.25, 0.3) is 0 Å². The van der Waals surface area contributed by atoms with Crippen LogP contribution in [0, 0.1) is 5.41 Å². The Bertz CT molecular complexity index is 333. The molecule has 1 heterocycles. The van der Waals surface area contributed by atoms with Crippen LogP contribution < -0.4 is 5.73 Å². The Kier molecular flexibility index (Phi) is 4.00. The first kappa shape index (κ1) is 12.6. The van der Waals surface area contributed by atoms with Crippen molar-refractivity contribution in [2.75, 3.05) is 19.6 Å². The van der Waals surface area contributed by atoms with E-state index < -0.39 is 0 Å². The summed E-state index contributed by atoms with van der Waals surface area (Å²) in [6.45, 7) is 7.77. The number of hydrogen-bond acceptors (Lipinski definition) is 4. The highest BCUT2D eigenvalue weighted by Crippen LogP contribution is 2.15. The third-order valence-corrected chi connectivity index (χ3v) is 2.46. The van der Waals surface area contributed by atoms with Gasteiger partial charge in [-0.3, -0.25) is 9.89 Å². The van der Waals surface area contributed by atoms with Gasteiger partial charge < -0.3 is 10.6 Å². The Balaban J connectivity index is 2.72. The second kappa shape index (κ2) is 5.07. The Morgan fingerprint density at radius 3 is 2.75 bits per heavy atom. The van der Waals surface area contributed by atoms with Crippen molar-refractivity contribution in [2.45, 2.75) is 20.8 Å². The fraction of sp³-hybridized carbons (Fsp3) is 0.700. The van der Waals surface area contributed by atoms with E-state index in [1.165, 1.54) is 6.33 Å². The fourth-order valence-corrected chi connectivity index (χ4v) is 1.37. The zero-order valence-electron chi connectivity index (χ0n) is 10.0. The normalized spacial score (nSPS) is 11.5. The van der Waals surface area contributed by atoms with Crippen LogP contribution >= 0.6 is 0 Å². The van der Waals surface area contributed by atoms with Crippen molar-refractivity contribution in [3.05, 3.63) is 12.2 Å². The predicted molar refractivity (Wildman–Crippen MR) is 60.8 cm³/mol. The minimum atomic E-state index is -0.137. The molecule has 0 spiro atoms. The molecule has 1 aromatic rings. The Morgan fingerprint density at radius 2 is 2.31 bits per heavy atom. The van der Waals surface area contributed by atoms with Gasteiger partial charge in [-0.05, 0) is 18.9 Å². The van der Waals surface area contributed by atoms with Crippen molar-refractivity contribution >= 4 is 5.91 Å². The SMILES string of the molecule is CCN(CC(C)(C)CN)C(=O)c1ncn[nH]1. The van der Waals surface area contributed by atoms with Crippen LogP contribution in [0.15, 0.2) is 6.33 Å². The quantitative estimate of drug-likeness (QED) is 0.752. The zero-order valence-corrected chi connectivity index (χ0v) is 10.0. The van der Waals surface area contributed by atoms with E-state index in [2.05, 4.69) is 15.2 Å². The first-order chi connectivity index (χ1) is 7.50. The minimum absolute atomic E-state index is 0.0916. The average molecular weight is 225 g/mol. The van der Waals surface area contributed by atoms with Crippen molar-refractivity contribution in [1.82, 2.24) is 20.1 Å². The minimum Gasteiger partial charge on any atom is -0.336 e. The number of amides is 1. The van der Waals surface area contributed by atoms with E-state index in [0.717, 1.165) is 0 Å². The van der Waals surface area contributed by atoms with Gasteiger partial charge in [0.15, 0.2) is 0 Å². The molecule has 0 aliphatic rings. The standard InChI is InChI=1S/C10H19N5O/c1-4-15(6-10(2,3)5-11)9(16)8-12-7-13-14-8/h7H,4-6,11H2,1-3H3,(H,12,13,14). The summed E-state index contributed by atoms with van der Waals surface area (Å²) in [6, 6.07) is 0. The van der Waals surface area contributed by atoms with Crippen molar-refractivity contribution in [3.8, 4) is 0 Å². The summed E-state index contributed by atoms with van der Waals surface area (Å²) in [5.41, 5.74) is 5.56. The molecule has 1 rings (SSSR count). The van der Waals surface area contributed by atoms with Crippen molar-refractivity contribution in [1.29, 1.82) is 0 Å². The number of aromatic nitrogens is 3. The van der Waals surface area contributed by atoms with Gasteiger partial charge in [-0.15, -0.1) is 0 Å². The largest absolute Gasteiger partial charge is 0.336 e. The van der Waals surface area contributed by atoms with E-state index in [4.69, 9.17) is 5.73 Å². The number of aromatic amines is 1. The summed E-state index contributed by atoms with van der Waals surface area (Å²) in [5, 5.41) is 6.24. The second-order valence-corrected chi connectivity index (χ2v) is 4.52. The van der Waals surface area contributed by atoms with E-state index in [1.54, 1.807) is 4.90 Å². The number of nitrogens with one attached hydrogen (secondary N) is 1. The summed E-state index contributed by atoms with van der Waals surface area (Å²) in [6.07, 6.45) is 1.33. The lowest BCUT2D eigenvalue weighted by atomic mass is 9.93. The number of nitrogens with two attached hydrogens (primary N) is 1. The van der Waals surface area contributed by atoms with Gasteiger partial charge in [-0.25, -0.2) is 4.98 Å². The summed E-state index contributed by atoms with van der Waals surface area (Å²) in [5.74, 6) is 0.135. The van der Waals surface area contributed by atoms with E-state index in [9.17, 15) is 4.79 Å².